The Kier molecular flexibility index (Phi) is 66.6. The van der Waals surface area contributed by atoms with E-state index in [9.17, 15) is 0 Å². The molecule has 0 aromatic heterocycles. The molecule has 0 aliphatic carbocycles. The first-order valence-corrected chi connectivity index (χ1v) is 69.0. The molecule has 0 aromatic carbocycles. The molecular weight excluding hydrogens is 1580 g/mol. The Labute approximate surface area is 480 Å². The summed E-state index contributed by atoms with van der Waals surface area (Å²) in [5.74, 6) is 0. The molecule has 59 heavy (non-hydrogen) atoms. The summed E-state index contributed by atoms with van der Waals surface area (Å²) in [4.78, 5) is 0. The number of hydrogen-bond donors (Lipinski definition) is 3. The molecule has 358 valence electrons. The zero-order valence-electron chi connectivity index (χ0n) is 30.5. The summed E-state index contributed by atoms with van der Waals surface area (Å²) in [5, 5.41) is 8.62. The largest absolute Gasteiger partial charge is 0.415 e. The summed E-state index contributed by atoms with van der Waals surface area (Å²) in [6.45, 7) is 20.1. The fourth-order valence-corrected chi connectivity index (χ4v) is 101. The second-order valence-electron chi connectivity index (χ2n) is 10.4. The van der Waals surface area contributed by atoms with E-state index in [1.807, 2.05) is 227 Å². The van der Waals surface area contributed by atoms with Gasteiger partial charge in [0.2, 0.25) is 0 Å². The minimum absolute atomic E-state index is 0.0183. The molecule has 0 spiro atoms. The van der Waals surface area contributed by atoms with Crippen molar-refractivity contribution >= 4 is 393 Å². The van der Waals surface area contributed by atoms with Crippen LogP contribution in [0.15, 0.2) is 0 Å². The van der Waals surface area contributed by atoms with Crippen LogP contribution in [0.25, 0.3) is 0 Å². The number of aliphatic hydroxyl groups is 1. The van der Waals surface area contributed by atoms with Crippen molar-refractivity contribution in [1.82, 2.24) is 0 Å². The normalized spacial score (nSPS) is 9.69. The van der Waals surface area contributed by atoms with Gasteiger partial charge >= 0.3 is 0 Å². The number of hydrogen-bond acceptors (Lipinski definition) is 6. The highest BCUT2D eigenvalue weighted by atomic mass is 33.5. The summed E-state index contributed by atoms with van der Waals surface area (Å²) < 4.78 is 5.79. The highest BCUT2D eigenvalue weighted by Crippen LogP contribution is 2.37. The second kappa shape index (κ2) is 53.9. The Morgan fingerprint density at radius 3 is 0.627 bits per heavy atom. The molecule has 0 rings (SSSR count). The molecular formula is C14H34O2S42Si. The van der Waals surface area contributed by atoms with E-state index in [-0.39, 0.29) is 16.1 Å². The van der Waals surface area contributed by atoms with Crippen LogP contribution in [0.4, 0.5) is 0 Å². The average Bonchev–Trinajstić information content (AvgIpc) is 3.16. The van der Waals surface area contributed by atoms with Gasteiger partial charge in [-0.05, 0) is 45.8 Å². The molecule has 0 radical (unpaired) electrons. The average molecular weight is 1610 g/mol. The maximum absolute atomic E-state index is 8.33. The van der Waals surface area contributed by atoms with E-state index in [1.165, 1.54) is 17.8 Å². The summed E-state index contributed by atoms with van der Waals surface area (Å²) in [6.07, 6.45) is 0. The van der Waals surface area contributed by atoms with E-state index in [2.05, 4.69) is 73.0 Å². The zero-order valence-corrected chi connectivity index (χ0v) is 65.9. The van der Waals surface area contributed by atoms with Gasteiger partial charge in [-0.15, -0.1) is 0 Å². The fourth-order valence-electron chi connectivity index (χ4n) is 0.982. The van der Waals surface area contributed by atoms with Crippen molar-refractivity contribution in [3.63, 3.8) is 0 Å². The van der Waals surface area contributed by atoms with Crippen molar-refractivity contribution in [3.8, 4) is 0 Å². The molecule has 2 nitrogen and oxygen atoms in total. The highest BCUT2D eigenvalue weighted by molar-refractivity contribution is 8.81. The van der Waals surface area contributed by atoms with Crippen LogP contribution in [0.5, 0.6) is 0 Å². The molecule has 0 bridgehead atoms. The molecule has 0 aliphatic heterocycles. The van der Waals surface area contributed by atoms with Crippen molar-refractivity contribution in [2.45, 2.75) is 76.1 Å². The zero-order chi connectivity index (χ0) is 45.0. The molecule has 0 saturated heterocycles. The first kappa shape index (κ1) is 72.9. The standard InChI is InChI=1S/C10H24OSSi.C4H10OS.S40/c1-9(2,3)13(6,7)11-8-10(4,5)12;1-4(2,6)3-5;1-3-5-7-9-11-13-15-17-19-21-23-25-27-29-31-33-35-37-39-40-38-36-34-32-30-28-26-24-22-20-18-16-14-12-10-8-6-4-2/h12H,8H2,1-7H3;5-6H,3H2,1-2H3;. The summed E-state index contributed by atoms with van der Waals surface area (Å²) in [6, 6.07) is 0. The molecule has 0 saturated carbocycles. The molecule has 0 atom stereocenters. The number of rotatable bonds is 4. The smallest absolute Gasteiger partial charge is 0.192 e. The van der Waals surface area contributed by atoms with Crippen molar-refractivity contribution in [3.05, 3.63) is 0 Å². The topological polar surface area (TPSA) is 29.5 Å². The third-order valence-electron chi connectivity index (χ3n) is 4.01. The van der Waals surface area contributed by atoms with E-state index in [0.717, 1.165) is 6.61 Å². The molecule has 0 aromatic rings. The lowest BCUT2D eigenvalue weighted by molar-refractivity contribution is 0.263. The van der Waals surface area contributed by atoms with Gasteiger partial charge in [0, 0.05) is 376 Å². The second-order valence-corrected chi connectivity index (χ2v) is 84.9. The van der Waals surface area contributed by atoms with Crippen LogP contribution in [0, 0.1) is 0 Å². The molecule has 0 unspecified atom stereocenters. The lowest BCUT2D eigenvalue weighted by Crippen LogP contribution is -2.43. The Morgan fingerprint density at radius 2 is 0.525 bits per heavy atom. The van der Waals surface area contributed by atoms with Gasteiger partial charge in [0.15, 0.2) is 8.32 Å². The van der Waals surface area contributed by atoms with E-state index >= 15 is 0 Å². The van der Waals surface area contributed by atoms with E-state index in [4.69, 9.17) is 31.9 Å². The van der Waals surface area contributed by atoms with E-state index in [0.29, 0.717) is 5.04 Å². The van der Waals surface area contributed by atoms with Gasteiger partial charge in [-0.2, -0.15) is 25.3 Å². The molecule has 0 amide bonds. The van der Waals surface area contributed by atoms with Crippen LogP contribution in [0.3, 0.4) is 0 Å². The van der Waals surface area contributed by atoms with Crippen LogP contribution >= 0.6 is 25.3 Å². The van der Waals surface area contributed by atoms with Crippen molar-refractivity contribution in [2.24, 2.45) is 0 Å². The maximum Gasteiger partial charge on any atom is 0.192 e. The number of thiol groups is 2. The minimum atomic E-state index is -1.56. The predicted molar refractivity (Wildman–Crippen MR) is 391 cm³/mol. The first-order valence-electron chi connectivity index (χ1n) is 13.2. The van der Waals surface area contributed by atoms with Gasteiger partial charge in [0.25, 0.3) is 0 Å². The summed E-state index contributed by atoms with van der Waals surface area (Å²) in [5.41, 5.74) is 0. The van der Waals surface area contributed by atoms with Gasteiger partial charge in [-0.1, -0.05) is 20.8 Å². The van der Waals surface area contributed by atoms with Crippen LogP contribution in [-0.4, -0.2) is 36.1 Å². The summed E-state index contributed by atoms with van der Waals surface area (Å²) in [7, 11) is 65.8. The van der Waals surface area contributed by atoms with Crippen LogP contribution < -0.4 is 0 Å². The van der Waals surface area contributed by atoms with E-state index < -0.39 is 8.32 Å². The van der Waals surface area contributed by atoms with Gasteiger partial charge in [-0.3, -0.25) is 0 Å². The van der Waals surface area contributed by atoms with Gasteiger partial charge < -0.3 is 9.53 Å². The molecule has 0 aliphatic rings. The maximum atomic E-state index is 8.33. The van der Waals surface area contributed by atoms with Gasteiger partial charge in [-0.25, -0.2) is 0 Å². The quantitative estimate of drug-likeness (QED) is 0.290. The Hall–Kier alpha value is 9.64. The molecule has 0 heterocycles. The third kappa shape index (κ3) is 67.6. The Balaban J connectivity index is -0.00000135. The first-order chi connectivity index (χ1) is 27.9. The highest BCUT2D eigenvalue weighted by Gasteiger charge is 2.37. The molecule has 45 heteroatoms. The Morgan fingerprint density at radius 1 is 0.373 bits per heavy atom. The van der Waals surface area contributed by atoms with Crippen molar-refractivity contribution in [2.75, 3.05) is 13.2 Å². The van der Waals surface area contributed by atoms with Gasteiger partial charge in [0.05, 0.1) is 6.61 Å². The van der Waals surface area contributed by atoms with Crippen molar-refractivity contribution in [1.29, 1.82) is 0 Å². The molecule has 1 N–H and O–H groups in total. The summed E-state index contributed by atoms with van der Waals surface area (Å²) >= 11 is 18.1. The lowest BCUT2D eigenvalue weighted by atomic mass is 10.2. The Bertz CT molecular complexity index is 2930. The fraction of sp³-hybridized carbons (Fsp3) is 1.00. The van der Waals surface area contributed by atoms with Crippen molar-refractivity contribution < 1.29 is 9.53 Å². The van der Waals surface area contributed by atoms with Crippen LogP contribution in [0.2, 0.25) is 18.1 Å². The third-order valence-corrected chi connectivity index (χ3v) is 91.0. The van der Waals surface area contributed by atoms with Crippen LogP contribution in [-0.2, 0) is 364 Å². The SMILES string of the molecule is CC(C)(S)CO.CC(C)(S)CO[Si](C)(C)C(C)(C)C.S=S=S=S=S=S=S=S=S=S=S=S=S=S=S=S=S=S=S=S=S=S=S=S=S=S=S=S=S=S=S=S=S=S=S=S=S=S=S=S. The minimum Gasteiger partial charge on any atom is -0.415 e. The number of aliphatic hydroxyl groups excluding tert-OH is 1. The van der Waals surface area contributed by atoms with Gasteiger partial charge in [0.1, 0.15) is 0 Å². The molecule has 0 fully saturated rings. The lowest BCUT2D eigenvalue weighted by Gasteiger charge is -2.38. The predicted octanol–water partition coefficient (Wildman–Crippen LogP) is 4.31. The monoisotopic (exact) mass is 1610 g/mol. The van der Waals surface area contributed by atoms with Crippen LogP contribution in [0.1, 0.15) is 48.5 Å². The van der Waals surface area contributed by atoms with E-state index in [1.54, 1.807) is 107 Å².